The summed E-state index contributed by atoms with van der Waals surface area (Å²) in [6, 6.07) is 9.90. The first-order chi connectivity index (χ1) is 8.68. The molecule has 3 nitrogen and oxygen atoms in total. The molecule has 0 bridgehead atoms. The van der Waals surface area contributed by atoms with Gasteiger partial charge in [0.05, 0.1) is 0 Å². The van der Waals surface area contributed by atoms with E-state index in [1.165, 1.54) is 0 Å². The predicted molar refractivity (Wildman–Crippen MR) is 75.0 cm³/mol. The van der Waals surface area contributed by atoms with Crippen molar-refractivity contribution in [3.05, 3.63) is 41.6 Å². The molecular formula is C15H20NO2Y-. The van der Waals surface area contributed by atoms with Crippen molar-refractivity contribution >= 4 is 16.9 Å². The molecule has 19 heavy (non-hydrogen) atoms. The van der Waals surface area contributed by atoms with E-state index >= 15 is 0 Å². The molecule has 2 rings (SSSR count). The molecule has 0 aliphatic carbocycles. The summed E-state index contributed by atoms with van der Waals surface area (Å²) in [5.74, 6) is -0.966. The first kappa shape index (κ1) is 20.5. The maximum Gasteiger partial charge on any atom is 0.218 e. The molecule has 0 atom stereocenters. The third kappa shape index (κ3) is 5.79. The molecule has 0 unspecified atom stereocenters. The van der Waals surface area contributed by atoms with Gasteiger partial charge in [-0.25, -0.2) is 0 Å². The first-order valence-electron chi connectivity index (χ1n) is 6.20. The number of aromatic nitrogens is 1. The number of carboxylic acids is 1. The molecule has 0 spiro atoms. The summed E-state index contributed by atoms with van der Waals surface area (Å²) in [6.07, 6.45) is 0. The number of para-hydroxylation sites is 1. The largest absolute Gasteiger partial charge is 0.535 e. The molecule has 0 amide bonds. The Bertz CT molecular complexity index is 512. The van der Waals surface area contributed by atoms with Crippen LogP contribution in [0.1, 0.15) is 43.7 Å². The van der Waals surface area contributed by atoms with Crippen molar-refractivity contribution in [3.63, 3.8) is 0 Å². The fourth-order valence-corrected chi connectivity index (χ4v) is 1.41. The Morgan fingerprint density at radius 1 is 1.16 bits per heavy atom. The molecule has 1 radical (unpaired) electrons. The van der Waals surface area contributed by atoms with Crippen LogP contribution in [0.3, 0.4) is 0 Å². The van der Waals surface area contributed by atoms with Gasteiger partial charge in [0.25, 0.3) is 0 Å². The van der Waals surface area contributed by atoms with Gasteiger partial charge in [0, 0.05) is 38.2 Å². The molecule has 0 fully saturated rings. The van der Waals surface area contributed by atoms with Crippen molar-refractivity contribution in [3.8, 4) is 0 Å². The van der Waals surface area contributed by atoms with E-state index in [0.717, 1.165) is 0 Å². The van der Waals surface area contributed by atoms with E-state index in [1.807, 2.05) is 33.8 Å². The second kappa shape index (κ2) is 11.1. The van der Waals surface area contributed by atoms with Gasteiger partial charge in [0.2, 0.25) is 5.97 Å². The number of carbonyl (C=O) groups is 1. The van der Waals surface area contributed by atoms with E-state index in [9.17, 15) is 4.79 Å². The molecule has 0 saturated carbocycles. The Morgan fingerprint density at radius 3 is 2.21 bits per heavy atom. The van der Waals surface area contributed by atoms with Crippen LogP contribution in [-0.2, 0) is 32.7 Å². The summed E-state index contributed by atoms with van der Waals surface area (Å²) in [4.78, 5) is 15.1. The Balaban J connectivity index is 0. The van der Waals surface area contributed by atoms with E-state index in [-0.39, 0.29) is 38.3 Å². The number of aromatic carboxylic acids is 1. The van der Waals surface area contributed by atoms with Gasteiger partial charge < -0.3 is 9.90 Å². The Hall–Kier alpha value is -0.796. The number of rotatable bonds is 1. The fourth-order valence-electron chi connectivity index (χ4n) is 1.41. The molecule has 1 heterocycles. The zero-order valence-corrected chi connectivity index (χ0v) is 15.0. The Kier molecular flexibility index (Phi) is 12.0. The van der Waals surface area contributed by atoms with E-state index < -0.39 is 5.97 Å². The average Bonchev–Trinajstić information content (AvgIpc) is 2.42. The van der Waals surface area contributed by atoms with E-state index in [1.54, 1.807) is 25.1 Å². The standard InChI is InChI=1S/C11H8NO2.2C2H6.Y/c1-7-6-9(11(13)14)8-4-2-3-5-10(8)12-7;2*1-2;/h2-5H,1H3,(H,13,14);2*1-2H3;/q-1;;;. The van der Waals surface area contributed by atoms with Gasteiger partial charge in [-0.2, -0.15) is 0 Å². The minimum Gasteiger partial charge on any atom is -0.535 e. The van der Waals surface area contributed by atoms with Crippen molar-refractivity contribution < 1.29 is 42.6 Å². The summed E-state index contributed by atoms with van der Waals surface area (Å²) in [6.45, 7) is 9.74. The van der Waals surface area contributed by atoms with Crippen LogP contribution in [0.2, 0.25) is 0 Å². The second-order valence-corrected chi connectivity index (χ2v) is 3.02. The van der Waals surface area contributed by atoms with Crippen molar-refractivity contribution in [1.29, 1.82) is 0 Å². The average molecular weight is 335 g/mol. The van der Waals surface area contributed by atoms with Gasteiger partial charge in [0.15, 0.2) is 0 Å². The maximum absolute atomic E-state index is 10.9. The number of hydrogen-bond acceptors (Lipinski definition) is 2. The molecule has 4 heteroatoms. The molecule has 1 aromatic carbocycles. The third-order valence-electron chi connectivity index (χ3n) is 1.98. The monoisotopic (exact) mass is 335 g/mol. The SMILES string of the molecule is CC.CC.Cc1[c-]c(C(=O)O)c2ccccc2n1.[Y]. The van der Waals surface area contributed by atoms with E-state index in [4.69, 9.17) is 5.11 Å². The topological polar surface area (TPSA) is 50.2 Å². The second-order valence-electron chi connectivity index (χ2n) is 3.02. The van der Waals surface area contributed by atoms with Gasteiger partial charge in [-0.3, -0.25) is 4.98 Å². The Morgan fingerprint density at radius 2 is 1.68 bits per heavy atom. The smallest absolute Gasteiger partial charge is 0.218 e. The number of aryl methyl sites for hydroxylation is 1. The van der Waals surface area contributed by atoms with Crippen molar-refractivity contribution in [2.24, 2.45) is 0 Å². The number of pyridine rings is 1. The van der Waals surface area contributed by atoms with Gasteiger partial charge in [-0.15, -0.1) is 12.1 Å². The van der Waals surface area contributed by atoms with Crippen LogP contribution in [0.5, 0.6) is 0 Å². The summed E-state index contributed by atoms with van der Waals surface area (Å²) >= 11 is 0. The van der Waals surface area contributed by atoms with Crippen molar-refractivity contribution in [2.75, 3.05) is 0 Å². The minimum absolute atomic E-state index is 0. The van der Waals surface area contributed by atoms with Crippen LogP contribution >= 0.6 is 0 Å². The van der Waals surface area contributed by atoms with Crippen LogP contribution in [0.25, 0.3) is 10.9 Å². The summed E-state index contributed by atoms with van der Waals surface area (Å²) in [5.41, 5.74) is 1.48. The quantitative estimate of drug-likeness (QED) is 0.799. The van der Waals surface area contributed by atoms with E-state index in [2.05, 4.69) is 11.1 Å². The van der Waals surface area contributed by atoms with Gasteiger partial charge in [-0.05, 0) is 18.7 Å². The van der Waals surface area contributed by atoms with Gasteiger partial charge in [0.1, 0.15) is 0 Å². The number of hydrogen-bond donors (Lipinski definition) is 1. The molecule has 1 N–H and O–H groups in total. The van der Waals surface area contributed by atoms with Crippen molar-refractivity contribution in [1.82, 2.24) is 4.98 Å². The molecule has 101 valence electrons. The zero-order chi connectivity index (χ0) is 14.1. The molecular weight excluding hydrogens is 315 g/mol. The molecule has 1 aromatic heterocycles. The first-order valence-corrected chi connectivity index (χ1v) is 6.20. The summed E-state index contributed by atoms with van der Waals surface area (Å²) in [7, 11) is 0. The Labute approximate surface area is 140 Å². The zero-order valence-electron chi connectivity index (χ0n) is 12.2. The van der Waals surface area contributed by atoms with Crippen molar-refractivity contribution in [2.45, 2.75) is 34.6 Å². The van der Waals surface area contributed by atoms with Gasteiger partial charge >= 0.3 is 0 Å². The number of benzene rings is 1. The normalized spacial score (nSPS) is 8.26. The summed E-state index contributed by atoms with van der Waals surface area (Å²) < 4.78 is 0. The minimum atomic E-state index is -0.966. The molecule has 0 aliphatic rings. The third-order valence-corrected chi connectivity index (χ3v) is 1.98. The van der Waals surface area contributed by atoms with Gasteiger partial charge in [-0.1, -0.05) is 50.8 Å². The molecule has 0 saturated heterocycles. The number of fused-ring (bicyclic) bond motifs is 1. The van der Waals surface area contributed by atoms with E-state index in [0.29, 0.717) is 16.6 Å². The fraction of sp³-hybridized carbons (Fsp3) is 0.333. The number of carboxylic acid groups (broad SMARTS) is 1. The van der Waals surface area contributed by atoms with Crippen LogP contribution in [-0.4, -0.2) is 16.1 Å². The summed E-state index contributed by atoms with van der Waals surface area (Å²) in [5, 5.41) is 9.58. The maximum atomic E-state index is 10.9. The van der Waals surface area contributed by atoms with Crippen LogP contribution in [0, 0.1) is 13.0 Å². The van der Waals surface area contributed by atoms with Crippen LogP contribution < -0.4 is 0 Å². The molecule has 0 aliphatic heterocycles. The van der Waals surface area contributed by atoms with Crippen LogP contribution in [0.15, 0.2) is 24.3 Å². The molecule has 2 aromatic rings. The number of nitrogens with zero attached hydrogens (tertiary/aromatic N) is 1. The van der Waals surface area contributed by atoms with Crippen LogP contribution in [0.4, 0.5) is 0 Å². The predicted octanol–water partition coefficient (Wildman–Crippen LogP) is 4.09.